The molecule has 0 radical (unpaired) electrons. The molecule has 0 rings (SSSR count). The van der Waals surface area contributed by atoms with Crippen LogP contribution in [0.25, 0.3) is 0 Å². The monoisotopic (exact) mass is 851 g/mol. The van der Waals surface area contributed by atoms with Gasteiger partial charge in [0.2, 0.25) is 0 Å². The van der Waals surface area contributed by atoms with Gasteiger partial charge in [-0.05, 0) is 64.2 Å². The second kappa shape index (κ2) is 49.5. The first kappa shape index (κ1) is 57.9. The van der Waals surface area contributed by atoms with Crippen molar-refractivity contribution in [3.63, 3.8) is 0 Å². The van der Waals surface area contributed by atoms with Gasteiger partial charge in [0.05, 0.1) is 0 Å². The fraction of sp³-hybridized carbons (Fsp3) is 0.727. The van der Waals surface area contributed by atoms with Crippen molar-refractivity contribution in [1.29, 1.82) is 0 Å². The summed E-state index contributed by atoms with van der Waals surface area (Å²) in [5.41, 5.74) is 0. The summed E-state index contributed by atoms with van der Waals surface area (Å²) in [5.74, 6) is -0.929. The zero-order valence-corrected chi connectivity index (χ0v) is 39.9. The summed E-state index contributed by atoms with van der Waals surface area (Å²) in [7, 11) is 0. The van der Waals surface area contributed by atoms with Crippen LogP contribution >= 0.6 is 0 Å². The molecule has 0 N–H and O–H groups in total. The van der Waals surface area contributed by atoms with Crippen LogP contribution in [0.1, 0.15) is 239 Å². The van der Waals surface area contributed by atoms with Crippen LogP contribution in [0, 0.1) is 0 Å². The van der Waals surface area contributed by atoms with E-state index in [-0.39, 0.29) is 31.1 Å². The van der Waals surface area contributed by atoms with Crippen LogP contribution in [0.2, 0.25) is 0 Å². The molecular formula is C55H94O6. The summed E-state index contributed by atoms with van der Waals surface area (Å²) < 4.78 is 16.7. The van der Waals surface area contributed by atoms with E-state index in [4.69, 9.17) is 14.2 Å². The third kappa shape index (κ3) is 47.7. The van der Waals surface area contributed by atoms with E-state index < -0.39 is 6.10 Å². The molecule has 0 fully saturated rings. The van der Waals surface area contributed by atoms with Crippen molar-refractivity contribution in [2.75, 3.05) is 13.2 Å². The van der Waals surface area contributed by atoms with Crippen LogP contribution in [0.15, 0.2) is 72.9 Å². The summed E-state index contributed by atoms with van der Waals surface area (Å²) in [6, 6.07) is 0. The van der Waals surface area contributed by atoms with Gasteiger partial charge >= 0.3 is 17.9 Å². The number of carbonyl (C=O) groups excluding carboxylic acids is 3. The molecule has 350 valence electrons. The normalized spacial score (nSPS) is 12.6. The van der Waals surface area contributed by atoms with Crippen molar-refractivity contribution < 1.29 is 28.6 Å². The highest BCUT2D eigenvalue weighted by Crippen LogP contribution is 2.14. The Hall–Kier alpha value is -3.15. The van der Waals surface area contributed by atoms with E-state index in [2.05, 4.69) is 75.5 Å². The second-order valence-electron chi connectivity index (χ2n) is 16.8. The largest absolute Gasteiger partial charge is 0.462 e. The van der Waals surface area contributed by atoms with E-state index >= 15 is 0 Å². The van der Waals surface area contributed by atoms with Crippen molar-refractivity contribution in [3.8, 4) is 0 Å². The Bertz CT molecular complexity index is 1160. The van der Waals surface area contributed by atoms with Crippen molar-refractivity contribution in [1.82, 2.24) is 0 Å². The Kier molecular flexibility index (Phi) is 46.9. The number of esters is 3. The van der Waals surface area contributed by atoms with E-state index in [1.165, 1.54) is 96.3 Å². The summed E-state index contributed by atoms with van der Waals surface area (Å²) in [4.78, 5) is 37.9. The van der Waals surface area contributed by atoms with Gasteiger partial charge in [-0.1, -0.05) is 229 Å². The van der Waals surface area contributed by atoms with Crippen molar-refractivity contribution in [2.45, 2.75) is 245 Å². The summed E-state index contributed by atoms with van der Waals surface area (Å²) in [5, 5.41) is 0. The molecule has 0 heterocycles. The number of allylic oxidation sites excluding steroid dienone is 12. The predicted octanol–water partition coefficient (Wildman–Crippen LogP) is 16.6. The number of hydrogen-bond acceptors (Lipinski definition) is 6. The molecule has 0 aliphatic rings. The predicted molar refractivity (Wildman–Crippen MR) is 261 cm³/mol. The summed E-state index contributed by atoms with van der Waals surface area (Å²) >= 11 is 0. The lowest BCUT2D eigenvalue weighted by atomic mass is 10.1. The average molecular weight is 851 g/mol. The maximum atomic E-state index is 12.8. The number of carbonyl (C=O) groups is 3. The first-order valence-electron chi connectivity index (χ1n) is 25.5. The van der Waals surface area contributed by atoms with Crippen molar-refractivity contribution in [3.05, 3.63) is 72.9 Å². The molecule has 0 aromatic rings. The average Bonchev–Trinajstić information content (AvgIpc) is 3.26. The topological polar surface area (TPSA) is 78.9 Å². The maximum absolute atomic E-state index is 12.8. The van der Waals surface area contributed by atoms with Crippen LogP contribution < -0.4 is 0 Å². The molecule has 0 amide bonds. The first-order valence-corrected chi connectivity index (χ1v) is 25.5. The Morgan fingerprint density at radius 1 is 0.344 bits per heavy atom. The molecule has 0 aromatic carbocycles. The second-order valence-corrected chi connectivity index (χ2v) is 16.8. The van der Waals surface area contributed by atoms with Crippen molar-refractivity contribution >= 4 is 17.9 Å². The van der Waals surface area contributed by atoms with Gasteiger partial charge < -0.3 is 14.2 Å². The van der Waals surface area contributed by atoms with Gasteiger partial charge in [-0.2, -0.15) is 0 Å². The maximum Gasteiger partial charge on any atom is 0.306 e. The van der Waals surface area contributed by atoms with Crippen LogP contribution in [0.5, 0.6) is 0 Å². The highest BCUT2D eigenvalue weighted by Gasteiger charge is 2.19. The quantitative estimate of drug-likeness (QED) is 0.0263. The summed E-state index contributed by atoms with van der Waals surface area (Å²) in [6.07, 6.45) is 61.7. The highest BCUT2D eigenvalue weighted by atomic mass is 16.6. The Morgan fingerprint density at radius 2 is 0.639 bits per heavy atom. The molecule has 6 heteroatoms. The Morgan fingerprint density at radius 3 is 1.02 bits per heavy atom. The van der Waals surface area contributed by atoms with Crippen LogP contribution in [0.3, 0.4) is 0 Å². The fourth-order valence-corrected chi connectivity index (χ4v) is 6.97. The van der Waals surface area contributed by atoms with E-state index in [0.29, 0.717) is 19.3 Å². The molecule has 1 atom stereocenters. The molecule has 0 bridgehead atoms. The molecule has 0 aliphatic carbocycles. The minimum Gasteiger partial charge on any atom is -0.462 e. The zero-order valence-electron chi connectivity index (χ0n) is 39.9. The molecule has 0 aliphatic heterocycles. The smallest absolute Gasteiger partial charge is 0.306 e. The van der Waals surface area contributed by atoms with Gasteiger partial charge in [0, 0.05) is 19.3 Å². The number of rotatable bonds is 45. The van der Waals surface area contributed by atoms with E-state index in [1.54, 1.807) is 0 Å². The lowest BCUT2D eigenvalue weighted by Crippen LogP contribution is -2.30. The highest BCUT2D eigenvalue weighted by molar-refractivity contribution is 5.71. The third-order valence-corrected chi connectivity index (χ3v) is 10.8. The molecule has 61 heavy (non-hydrogen) atoms. The number of hydrogen-bond donors (Lipinski definition) is 0. The minimum absolute atomic E-state index is 0.0893. The SMILES string of the molecule is CC\C=C/C=C\C=C/C=C\CCCCCCCC(=O)OC(COC(=O)CCCCCCC/C=C\C=C/CCCCCCCCC)COC(=O)CCCCCCCCCCCC. The van der Waals surface area contributed by atoms with E-state index in [0.717, 1.165) is 103 Å². The fourth-order valence-electron chi connectivity index (χ4n) is 6.97. The standard InChI is InChI=1S/C55H94O6/c1-4-7-10-13-16-19-22-24-26-27-28-30-31-33-36-39-42-45-48-54(57)60-51-52(50-59-53(56)47-44-41-38-35-21-18-15-12-9-6-3)61-55(58)49-46-43-40-37-34-32-29-25-23-20-17-14-11-8-5-2/h8,11,14,17,20,23,25-30,52H,4-7,9-10,12-13,15-16,18-19,21-22,24,31-51H2,1-3H3/b11-8-,17-14-,23-20-,27-26-,29-25-,30-28-. The van der Waals surface area contributed by atoms with E-state index in [1.807, 2.05) is 18.2 Å². The number of ether oxygens (including phenoxy) is 3. The lowest BCUT2D eigenvalue weighted by molar-refractivity contribution is -0.167. The van der Waals surface area contributed by atoms with Gasteiger partial charge in [0.1, 0.15) is 13.2 Å². The molecule has 0 saturated carbocycles. The Balaban J connectivity index is 4.41. The van der Waals surface area contributed by atoms with E-state index in [9.17, 15) is 14.4 Å². The van der Waals surface area contributed by atoms with Crippen LogP contribution in [0.4, 0.5) is 0 Å². The molecule has 6 nitrogen and oxygen atoms in total. The molecule has 0 spiro atoms. The lowest BCUT2D eigenvalue weighted by Gasteiger charge is -2.18. The van der Waals surface area contributed by atoms with Crippen LogP contribution in [-0.2, 0) is 28.6 Å². The van der Waals surface area contributed by atoms with Gasteiger partial charge in [0.15, 0.2) is 6.10 Å². The molecule has 1 unspecified atom stereocenters. The first-order chi connectivity index (χ1) is 30.0. The molecule has 0 aromatic heterocycles. The van der Waals surface area contributed by atoms with Gasteiger partial charge in [-0.25, -0.2) is 0 Å². The van der Waals surface area contributed by atoms with Crippen molar-refractivity contribution in [2.24, 2.45) is 0 Å². The Labute approximate surface area is 376 Å². The molecular weight excluding hydrogens is 757 g/mol. The number of unbranched alkanes of at least 4 members (excludes halogenated alkanes) is 26. The van der Waals surface area contributed by atoms with Gasteiger partial charge in [0.25, 0.3) is 0 Å². The minimum atomic E-state index is -0.791. The van der Waals surface area contributed by atoms with Gasteiger partial charge in [-0.3, -0.25) is 14.4 Å². The van der Waals surface area contributed by atoms with Gasteiger partial charge in [-0.15, -0.1) is 0 Å². The third-order valence-electron chi connectivity index (χ3n) is 10.8. The van der Waals surface area contributed by atoms with Crippen LogP contribution in [-0.4, -0.2) is 37.2 Å². The summed E-state index contributed by atoms with van der Waals surface area (Å²) in [6.45, 7) is 6.45. The molecule has 0 saturated heterocycles. The zero-order chi connectivity index (χ0) is 44.4.